The summed E-state index contributed by atoms with van der Waals surface area (Å²) in [4.78, 5) is 12.9. The number of methoxy groups -OCH3 is 1. The van der Waals surface area contributed by atoms with E-state index >= 15 is 0 Å². The molecule has 1 aliphatic rings. The van der Waals surface area contributed by atoms with Gasteiger partial charge in [0, 0.05) is 4.88 Å². The third kappa shape index (κ3) is 1.82. The topological polar surface area (TPSA) is 52.3 Å². The van der Waals surface area contributed by atoms with Gasteiger partial charge in [0.2, 0.25) is 0 Å². The smallest absolute Gasteiger partial charge is 0.341 e. The third-order valence-electron chi connectivity index (χ3n) is 3.36. The molecule has 1 aromatic heterocycles. The maximum absolute atomic E-state index is 11.6. The summed E-state index contributed by atoms with van der Waals surface area (Å²) < 4.78 is 4.78. The zero-order chi connectivity index (χ0) is 11.7. The van der Waals surface area contributed by atoms with Crippen LogP contribution in [0.15, 0.2) is 0 Å². The van der Waals surface area contributed by atoms with E-state index in [0.717, 1.165) is 30.7 Å². The summed E-state index contributed by atoms with van der Waals surface area (Å²) in [6.07, 6.45) is 4.39. The highest BCUT2D eigenvalue weighted by atomic mass is 32.1. The largest absolute Gasteiger partial charge is 0.465 e. The fourth-order valence-electron chi connectivity index (χ4n) is 2.35. The van der Waals surface area contributed by atoms with Crippen LogP contribution in [0.1, 0.15) is 40.6 Å². The lowest BCUT2D eigenvalue weighted by atomic mass is 9.86. The Morgan fingerprint density at radius 1 is 1.62 bits per heavy atom. The first-order valence-electron chi connectivity index (χ1n) is 5.65. The molecular weight excluding hydrogens is 222 g/mol. The van der Waals surface area contributed by atoms with Gasteiger partial charge >= 0.3 is 5.97 Å². The Bertz CT molecular complexity index is 411. The molecule has 88 valence electrons. The molecule has 0 spiro atoms. The molecule has 0 saturated heterocycles. The Morgan fingerprint density at radius 2 is 2.38 bits per heavy atom. The van der Waals surface area contributed by atoms with E-state index in [2.05, 4.69) is 6.92 Å². The molecule has 0 saturated carbocycles. The first kappa shape index (κ1) is 11.5. The van der Waals surface area contributed by atoms with Gasteiger partial charge in [-0.1, -0.05) is 13.3 Å². The second-order valence-corrected chi connectivity index (χ2v) is 5.39. The van der Waals surface area contributed by atoms with E-state index in [1.54, 1.807) is 11.3 Å². The normalized spacial score (nSPS) is 19.2. The number of fused-ring (bicyclic) bond motifs is 1. The first-order valence-corrected chi connectivity index (χ1v) is 6.47. The molecule has 0 radical (unpaired) electrons. The molecule has 1 atom stereocenters. The number of thiophene rings is 1. The van der Waals surface area contributed by atoms with E-state index in [1.807, 2.05) is 0 Å². The molecule has 0 fully saturated rings. The lowest BCUT2D eigenvalue weighted by Crippen LogP contribution is -2.14. The van der Waals surface area contributed by atoms with Crippen LogP contribution in [0.5, 0.6) is 0 Å². The first-order chi connectivity index (χ1) is 7.67. The zero-order valence-electron chi connectivity index (χ0n) is 9.71. The third-order valence-corrected chi connectivity index (χ3v) is 4.44. The lowest BCUT2D eigenvalue weighted by molar-refractivity contribution is 0.0601. The van der Waals surface area contributed by atoms with Crippen LogP contribution in [0.4, 0.5) is 5.00 Å². The number of anilines is 1. The molecule has 1 aromatic rings. The molecule has 0 unspecified atom stereocenters. The van der Waals surface area contributed by atoms with Crippen LogP contribution in [0, 0.1) is 5.92 Å². The number of esters is 1. The number of carbonyl (C=O) groups is 1. The van der Waals surface area contributed by atoms with E-state index in [0.29, 0.717) is 10.6 Å². The zero-order valence-corrected chi connectivity index (χ0v) is 10.5. The van der Waals surface area contributed by atoms with Crippen molar-refractivity contribution in [2.45, 2.75) is 32.6 Å². The summed E-state index contributed by atoms with van der Waals surface area (Å²) in [6.45, 7) is 2.22. The second kappa shape index (κ2) is 4.45. The average molecular weight is 239 g/mol. The van der Waals surface area contributed by atoms with E-state index in [9.17, 15) is 4.79 Å². The summed E-state index contributed by atoms with van der Waals surface area (Å²) in [5.41, 5.74) is 7.66. The van der Waals surface area contributed by atoms with Crippen molar-refractivity contribution >= 4 is 22.3 Å². The number of nitrogens with two attached hydrogens (primary N) is 1. The highest BCUT2D eigenvalue weighted by Crippen LogP contribution is 2.39. The van der Waals surface area contributed by atoms with Crippen LogP contribution < -0.4 is 5.73 Å². The Hall–Kier alpha value is -1.03. The highest BCUT2D eigenvalue weighted by Gasteiger charge is 2.27. The van der Waals surface area contributed by atoms with Crippen molar-refractivity contribution in [3.05, 3.63) is 16.0 Å². The summed E-state index contributed by atoms with van der Waals surface area (Å²) in [7, 11) is 1.41. The van der Waals surface area contributed by atoms with Gasteiger partial charge in [-0.25, -0.2) is 4.79 Å². The van der Waals surface area contributed by atoms with E-state index < -0.39 is 0 Å². The fraction of sp³-hybridized carbons (Fsp3) is 0.583. The molecule has 4 heteroatoms. The molecule has 0 bridgehead atoms. The fourth-order valence-corrected chi connectivity index (χ4v) is 3.57. The minimum atomic E-state index is -0.287. The number of hydrogen-bond donors (Lipinski definition) is 1. The Morgan fingerprint density at radius 3 is 3.00 bits per heavy atom. The molecule has 0 aliphatic heterocycles. The molecule has 16 heavy (non-hydrogen) atoms. The van der Waals surface area contributed by atoms with Gasteiger partial charge in [-0.2, -0.15) is 0 Å². The lowest BCUT2D eigenvalue weighted by Gasteiger charge is -2.20. The number of nitrogen functional groups attached to an aromatic ring is 1. The van der Waals surface area contributed by atoms with Crippen molar-refractivity contribution in [1.29, 1.82) is 0 Å². The van der Waals surface area contributed by atoms with E-state index in [4.69, 9.17) is 10.5 Å². The summed E-state index contributed by atoms with van der Waals surface area (Å²) in [6, 6.07) is 0. The maximum Gasteiger partial charge on any atom is 0.341 e. The van der Waals surface area contributed by atoms with Crippen molar-refractivity contribution in [3.63, 3.8) is 0 Å². The number of ether oxygens (including phenoxy) is 1. The number of hydrogen-bond acceptors (Lipinski definition) is 4. The second-order valence-electron chi connectivity index (χ2n) is 4.25. The summed E-state index contributed by atoms with van der Waals surface area (Å²) >= 11 is 1.56. The standard InChI is InChI=1S/C12H17NO2S/c1-3-7-4-5-8-9(6-7)16-11(13)10(8)12(14)15-2/h7H,3-6,13H2,1-2H3/t7-/m0/s1. The van der Waals surface area contributed by atoms with Crippen LogP contribution in [-0.4, -0.2) is 13.1 Å². The van der Waals surface area contributed by atoms with Gasteiger partial charge in [0.15, 0.2) is 0 Å². The Balaban J connectivity index is 2.36. The van der Waals surface area contributed by atoms with Crippen LogP contribution in [-0.2, 0) is 17.6 Å². The Kier molecular flexibility index (Phi) is 3.19. The van der Waals surface area contributed by atoms with Gasteiger partial charge in [0.05, 0.1) is 12.7 Å². The minimum absolute atomic E-state index is 0.287. The molecule has 1 aliphatic carbocycles. The maximum atomic E-state index is 11.6. The highest BCUT2D eigenvalue weighted by molar-refractivity contribution is 7.16. The quantitative estimate of drug-likeness (QED) is 0.807. The van der Waals surface area contributed by atoms with Gasteiger partial charge in [0.25, 0.3) is 0 Å². The SMILES string of the molecule is CC[C@H]1CCc2c(sc(N)c2C(=O)OC)C1. The summed E-state index contributed by atoms with van der Waals surface area (Å²) in [5.74, 6) is 0.459. The molecule has 2 rings (SSSR count). The predicted molar refractivity (Wildman–Crippen MR) is 65.9 cm³/mol. The minimum Gasteiger partial charge on any atom is -0.465 e. The van der Waals surface area contributed by atoms with Crippen molar-refractivity contribution in [1.82, 2.24) is 0 Å². The monoisotopic (exact) mass is 239 g/mol. The Labute approximate surface area is 99.6 Å². The van der Waals surface area contributed by atoms with E-state index in [1.165, 1.54) is 18.4 Å². The van der Waals surface area contributed by atoms with Crippen molar-refractivity contribution in [3.8, 4) is 0 Å². The molecule has 0 aromatic carbocycles. The van der Waals surface area contributed by atoms with Crippen molar-refractivity contribution < 1.29 is 9.53 Å². The van der Waals surface area contributed by atoms with Crippen LogP contribution in [0.25, 0.3) is 0 Å². The number of carbonyl (C=O) groups excluding carboxylic acids is 1. The van der Waals surface area contributed by atoms with Gasteiger partial charge in [-0.15, -0.1) is 11.3 Å². The molecule has 0 amide bonds. The molecular formula is C12H17NO2S. The van der Waals surface area contributed by atoms with Crippen LogP contribution >= 0.6 is 11.3 Å². The summed E-state index contributed by atoms with van der Waals surface area (Å²) in [5, 5.41) is 0.619. The van der Waals surface area contributed by atoms with Gasteiger partial charge in [-0.3, -0.25) is 0 Å². The average Bonchev–Trinajstić information content (AvgIpc) is 2.62. The molecule has 1 heterocycles. The van der Waals surface area contributed by atoms with Gasteiger partial charge < -0.3 is 10.5 Å². The molecule has 2 N–H and O–H groups in total. The van der Waals surface area contributed by atoms with Crippen LogP contribution in [0.3, 0.4) is 0 Å². The van der Waals surface area contributed by atoms with E-state index in [-0.39, 0.29) is 5.97 Å². The van der Waals surface area contributed by atoms with Crippen LogP contribution in [0.2, 0.25) is 0 Å². The predicted octanol–water partition coefficient (Wildman–Crippen LogP) is 2.63. The van der Waals surface area contributed by atoms with Gasteiger partial charge in [0.1, 0.15) is 5.00 Å². The van der Waals surface area contributed by atoms with Crippen molar-refractivity contribution in [2.24, 2.45) is 5.92 Å². The molecule has 3 nitrogen and oxygen atoms in total. The van der Waals surface area contributed by atoms with Gasteiger partial charge in [-0.05, 0) is 30.7 Å². The van der Waals surface area contributed by atoms with Crippen molar-refractivity contribution in [2.75, 3.05) is 12.8 Å². The number of rotatable bonds is 2.